The van der Waals surface area contributed by atoms with Crippen LogP contribution in [0.3, 0.4) is 0 Å². The molecule has 3 aromatic carbocycles. The van der Waals surface area contributed by atoms with E-state index in [2.05, 4.69) is 29.6 Å². The van der Waals surface area contributed by atoms with Crippen LogP contribution in [0.4, 0.5) is 18.9 Å². The predicted octanol–water partition coefficient (Wildman–Crippen LogP) is 5.57. The number of benzene rings is 3. The molecule has 0 fully saturated rings. The Balaban J connectivity index is 1.67. The summed E-state index contributed by atoms with van der Waals surface area (Å²) in [4.78, 5) is 0. The van der Waals surface area contributed by atoms with Gasteiger partial charge >= 0.3 is 6.18 Å². The first kappa shape index (κ1) is 14.1. The molecule has 0 spiro atoms. The standard InChI is InChI=1S/C19H14F3N/c20-19(21,22)15-9-7-13(8-10-15)17-11-14-6-5-12-3-1-2-4-16(12)18(14)23-17/h1-10,17,23H,11H2. The van der Waals surface area contributed by atoms with Gasteiger partial charge in [-0.15, -0.1) is 0 Å². The summed E-state index contributed by atoms with van der Waals surface area (Å²) in [6.07, 6.45) is -3.51. The molecule has 23 heavy (non-hydrogen) atoms. The Morgan fingerprint density at radius 3 is 2.35 bits per heavy atom. The van der Waals surface area contributed by atoms with Crippen LogP contribution in [0.25, 0.3) is 10.8 Å². The maximum Gasteiger partial charge on any atom is 0.416 e. The van der Waals surface area contributed by atoms with E-state index >= 15 is 0 Å². The number of hydrogen-bond donors (Lipinski definition) is 1. The maximum atomic E-state index is 12.7. The van der Waals surface area contributed by atoms with Gasteiger partial charge in [0.25, 0.3) is 0 Å². The Kier molecular flexibility index (Phi) is 3.08. The first-order valence-corrected chi connectivity index (χ1v) is 7.47. The summed E-state index contributed by atoms with van der Waals surface area (Å²) in [6, 6.07) is 17.7. The molecule has 0 amide bonds. The fraction of sp³-hybridized carbons (Fsp3) is 0.158. The van der Waals surface area contributed by atoms with E-state index in [1.807, 2.05) is 12.1 Å². The van der Waals surface area contributed by atoms with Gasteiger partial charge in [0.1, 0.15) is 0 Å². The van der Waals surface area contributed by atoms with Crippen LogP contribution >= 0.6 is 0 Å². The highest BCUT2D eigenvalue weighted by molar-refractivity contribution is 5.96. The third kappa shape index (κ3) is 2.44. The van der Waals surface area contributed by atoms with Gasteiger partial charge in [0.15, 0.2) is 0 Å². The zero-order valence-corrected chi connectivity index (χ0v) is 12.2. The number of anilines is 1. The molecule has 4 heteroatoms. The summed E-state index contributed by atoms with van der Waals surface area (Å²) in [5, 5.41) is 5.78. The minimum atomic E-state index is -4.29. The number of rotatable bonds is 1. The highest BCUT2D eigenvalue weighted by atomic mass is 19.4. The molecule has 3 aromatic rings. The van der Waals surface area contributed by atoms with Gasteiger partial charge in [0.2, 0.25) is 0 Å². The lowest BCUT2D eigenvalue weighted by Gasteiger charge is -2.14. The van der Waals surface area contributed by atoms with Crippen molar-refractivity contribution in [2.24, 2.45) is 0 Å². The topological polar surface area (TPSA) is 12.0 Å². The fourth-order valence-corrected chi connectivity index (χ4v) is 3.21. The minimum Gasteiger partial charge on any atom is -0.377 e. The zero-order valence-electron chi connectivity index (χ0n) is 12.2. The quantitative estimate of drug-likeness (QED) is 0.619. The third-order valence-electron chi connectivity index (χ3n) is 4.40. The summed E-state index contributed by atoms with van der Waals surface area (Å²) < 4.78 is 38.0. The molecule has 1 unspecified atom stereocenters. The molecule has 4 rings (SSSR count). The molecule has 1 heterocycles. The average molecular weight is 313 g/mol. The van der Waals surface area contributed by atoms with Crippen LogP contribution in [0.1, 0.15) is 22.7 Å². The zero-order chi connectivity index (χ0) is 16.0. The molecule has 0 aromatic heterocycles. The smallest absolute Gasteiger partial charge is 0.377 e. The lowest BCUT2D eigenvalue weighted by atomic mass is 10.00. The first-order valence-electron chi connectivity index (χ1n) is 7.47. The normalized spacial score (nSPS) is 17.1. The maximum absolute atomic E-state index is 12.7. The summed E-state index contributed by atoms with van der Waals surface area (Å²) in [7, 11) is 0. The van der Waals surface area contributed by atoms with E-state index in [1.165, 1.54) is 5.56 Å². The van der Waals surface area contributed by atoms with E-state index in [-0.39, 0.29) is 6.04 Å². The Bertz CT molecular complexity index is 866. The molecular weight excluding hydrogens is 299 g/mol. The second kappa shape index (κ2) is 5.01. The van der Waals surface area contributed by atoms with Crippen LogP contribution < -0.4 is 5.32 Å². The second-order valence-electron chi connectivity index (χ2n) is 5.84. The predicted molar refractivity (Wildman–Crippen MR) is 85.5 cm³/mol. The van der Waals surface area contributed by atoms with Crippen molar-refractivity contribution >= 4 is 16.5 Å². The molecule has 0 radical (unpaired) electrons. The Labute approximate surface area is 131 Å². The molecule has 1 nitrogen and oxygen atoms in total. The largest absolute Gasteiger partial charge is 0.416 e. The average Bonchev–Trinajstić information content (AvgIpc) is 2.99. The van der Waals surface area contributed by atoms with Crippen molar-refractivity contribution in [2.45, 2.75) is 18.6 Å². The van der Waals surface area contributed by atoms with E-state index < -0.39 is 11.7 Å². The van der Waals surface area contributed by atoms with E-state index in [1.54, 1.807) is 12.1 Å². The van der Waals surface area contributed by atoms with Crippen LogP contribution in [-0.2, 0) is 12.6 Å². The molecule has 116 valence electrons. The van der Waals surface area contributed by atoms with Gasteiger partial charge in [-0.2, -0.15) is 13.2 Å². The summed E-state index contributed by atoms with van der Waals surface area (Å²) in [5.74, 6) is 0. The number of nitrogens with one attached hydrogen (secondary N) is 1. The van der Waals surface area contributed by atoms with Crippen LogP contribution in [0, 0.1) is 0 Å². The molecule has 0 aliphatic carbocycles. The van der Waals surface area contributed by atoms with Crippen molar-refractivity contribution in [2.75, 3.05) is 5.32 Å². The van der Waals surface area contributed by atoms with Gasteiger partial charge in [-0.3, -0.25) is 0 Å². The van der Waals surface area contributed by atoms with Gasteiger partial charge in [-0.1, -0.05) is 48.5 Å². The molecular formula is C19H14F3N. The first-order chi connectivity index (χ1) is 11.0. The van der Waals surface area contributed by atoms with Gasteiger partial charge in [0, 0.05) is 11.1 Å². The Morgan fingerprint density at radius 2 is 1.61 bits per heavy atom. The van der Waals surface area contributed by atoms with Crippen molar-refractivity contribution < 1.29 is 13.2 Å². The lowest BCUT2D eigenvalue weighted by Crippen LogP contribution is -2.08. The number of fused-ring (bicyclic) bond motifs is 3. The van der Waals surface area contributed by atoms with E-state index in [9.17, 15) is 13.2 Å². The molecule has 0 saturated carbocycles. The summed E-state index contributed by atoms with van der Waals surface area (Å²) in [6.45, 7) is 0. The number of halogens is 3. The van der Waals surface area contributed by atoms with Gasteiger partial charge in [0.05, 0.1) is 11.6 Å². The number of hydrogen-bond acceptors (Lipinski definition) is 1. The molecule has 1 aliphatic heterocycles. The number of alkyl halides is 3. The minimum absolute atomic E-state index is 0.0121. The van der Waals surface area contributed by atoms with Crippen LogP contribution in [0.5, 0.6) is 0 Å². The van der Waals surface area contributed by atoms with E-state index in [0.717, 1.165) is 40.6 Å². The summed E-state index contributed by atoms with van der Waals surface area (Å²) in [5.41, 5.74) is 2.56. The van der Waals surface area contributed by atoms with Crippen molar-refractivity contribution in [3.8, 4) is 0 Å². The highest BCUT2D eigenvalue weighted by Gasteiger charge is 2.31. The molecule has 1 aliphatic rings. The SMILES string of the molecule is FC(F)(F)c1ccc(C2Cc3ccc4ccccc4c3N2)cc1. The van der Waals surface area contributed by atoms with Crippen molar-refractivity contribution in [3.05, 3.63) is 77.4 Å². The molecule has 1 atom stereocenters. The Morgan fingerprint density at radius 1 is 0.870 bits per heavy atom. The fourth-order valence-electron chi connectivity index (χ4n) is 3.21. The van der Waals surface area contributed by atoms with Crippen molar-refractivity contribution in [1.82, 2.24) is 0 Å². The lowest BCUT2D eigenvalue weighted by molar-refractivity contribution is -0.137. The van der Waals surface area contributed by atoms with Crippen molar-refractivity contribution in [3.63, 3.8) is 0 Å². The van der Waals surface area contributed by atoms with Crippen LogP contribution in [0.2, 0.25) is 0 Å². The second-order valence-corrected chi connectivity index (χ2v) is 5.84. The van der Waals surface area contributed by atoms with Crippen LogP contribution in [-0.4, -0.2) is 0 Å². The van der Waals surface area contributed by atoms with Gasteiger partial charge < -0.3 is 5.32 Å². The van der Waals surface area contributed by atoms with Gasteiger partial charge in [-0.05, 0) is 35.1 Å². The highest BCUT2D eigenvalue weighted by Crippen LogP contribution is 2.39. The Hall–Kier alpha value is -2.49. The van der Waals surface area contributed by atoms with Crippen molar-refractivity contribution in [1.29, 1.82) is 0 Å². The van der Waals surface area contributed by atoms with E-state index in [0.29, 0.717) is 0 Å². The van der Waals surface area contributed by atoms with E-state index in [4.69, 9.17) is 0 Å². The molecule has 1 N–H and O–H groups in total. The molecule has 0 bridgehead atoms. The summed E-state index contributed by atoms with van der Waals surface area (Å²) >= 11 is 0. The van der Waals surface area contributed by atoms with Gasteiger partial charge in [-0.25, -0.2) is 0 Å². The molecule has 0 saturated heterocycles. The third-order valence-corrected chi connectivity index (χ3v) is 4.40. The monoisotopic (exact) mass is 313 g/mol. The van der Waals surface area contributed by atoms with Crippen LogP contribution in [0.15, 0.2) is 60.7 Å².